The van der Waals surface area contributed by atoms with Crippen LogP contribution in [-0.4, -0.2) is 17.8 Å². The molecule has 1 aromatic carbocycles. The van der Waals surface area contributed by atoms with Crippen molar-refractivity contribution in [3.63, 3.8) is 0 Å². The lowest BCUT2D eigenvalue weighted by Crippen LogP contribution is -2.34. The van der Waals surface area contributed by atoms with Crippen LogP contribution in [0.25, 0.3) is 0 Å². The summed E-state index contributed by atoms with van der Waals surface area (Å²) in [6.07, 6.45) is 6.87. The van der Waals surface area contributed by atoms with Gasteiger partial charge in [-0.2, -0.15) is 0 Å². The predicted molar refractivity (Wildman–Crippen MR) is 79.2 cm³/mol. The highest BCUT2D eigenvalue weighted by atomic mass is 32.2. The molecule has 1 aliphatic heterocycles. The summed E-state index contributed by atoms with van der Waals surface area (Å²) in [7, 11) is 0. The van der Waals surface area contributed by atoms with Crippen molar-refractivity contribution in [2.75, 3.05) is 6.54 Å². The molecule has 1 aromatic rings. The fourth-order valence-electron chi connectivity index (χ4n) is 2.82. The summed E-state index contributed by atoms with van der Waals surface area (Å²) in [5, 5.41) is 4.54. The number of hydrogen-bond acceptors (Lipinski definition) is 2. The molecule has 2 atom stereocenters. The molecule has 3 rings (SSSR count). The summed E-state index contributed by atoms with van der Waals surface area (Å²) in [5.41, 5.74) is 1.55. The first-order valence-electron chi connectivity index (χ1n) is 7.33. The van der Waals surface area contributed by atoms with Gasteiger partial charge >= 0.3 is 0 Å². The van der Waals surface area contributed by atoms with Gasteiger partial charge in [0.15, 0.2) is 0 Å². The Bertz CT molecular complexity index is 375. The third kappa shape index (κ3) is 3.10. The number of thioether (sulfide) groups is 1. The van der Waals surface area contributed by atoms with Gasteiger partial charge in [-0.25, -0.2) is 0 Å². The zero-order valence-electron chi connectivity index (χ0n) is 11.2. The molecule has 0 aromatic heterocycles. The average Bonchev–Trinajstić information content (AvgIpc) is 3.11. The van der Waals surface area contributed by atoms with E-state index in [1.165, 1.54) is 43.5 Å². The number of fused-ring (bicyclic) bond motifs is 1. The summed E-state index contributed by atoms with van der Waals surface area (Å²) >= 11 is 2.06. The molecule has 2 heteroatoms. The standard InChI is InChI=1S/C16H23NS/c1-2-14(9-12-7-8-12)17-11-15-10-13-5-3-4-6-16(13)18-15/h3-6,12,14-15,17H,2,7-11H2,1H3. The molecule has 0 radical (unpaired) electrons. The minimum atomic E-state index is 0.746. The van der Waals surface area contributed by atoms with Crippen LogP contribution in [0.5, 0.6) is 0 Å². The smallest absolute Gasteiger partial charge is 0.0260 e. The second kappa shape index (κ2) is 5.66. The van der Waals surface area contributed by atoms with Crippen molar-refractivity contribution in [1.29, 1.82) is 0 Å². The maximum Gasteiger partial charge on any atom is 0.0260 e. The Morgan fingerprint density at radius 1 is 1.33 bits per heavy atom. The number of hydrogen-bond donors (Lipinski definition) is 1. The second-order valence-electron chi connectivity index (χ2n) is 5.74. The SMILES string of the molecule is CCC(CC1CC1)NCC1Cc2ccccc2S1. The molecule has 0 saturated heterocycles. The van der Waals surface area contributed by atoms with Gasteiger partial charge in [0.05, 0.1) is 0 Å². The van der Waals surface area contributed by atoms with Gasteiger partial charge in [-0.05, 0) is 36.8 Å². The fraction of sp³-hybridized carbons (Fsp3) is 0.625. The van der Waals surface area contributed by atoms with E-state index >= 15 is 0 Å². The van der Waals surface area contributed by atoms with E-state index in [2.05, 4.69) is 48.3 Å². The normalized spacial score (nSPS) is 23.9. The van der Waals surface area contributed by atoms with Crippen molar-refractivity contribution in [3.05, 3.63) is 29.8 Å². The number of benzene rings is 1. The molecule has 1 nitrogen and oxygen atoms in total. The van der Waals surface area contributed by atoms with E-state index in [4.69, 9.17) is 0 Å². The van der Waals surface area contributed by atoms with Crippen molar-refractivity contribution in [2.24, 2.45) is 5.92 Å². The summed E-state index contributed by atoms with van der Waals surface area (Å²) in [5.74, 6) is 1.04. The quantitative estimate of drug-likeness (QED) is 0.834. The molecule has 1 N–H and O–H groups in total. The molecule has 1 aliphatic carbocycles. The molecule has 0 spiro atoms. The van der Waals surface area contributed by atoms with Gasteiger partial charge in [0.1, 0.15) is 0 Å². The van der Waals surface area contributed by atoms with E-state index in [-0.39, 0.29) is 0 Å². The lowest BCUT2D eigenvalue weighted by atomic mass is 10.1. The Kier molecular flexibility index (Phi) is 3.95. The van der Waals surface area contributed by atoms with Gasteiger partial charge in [0, 0.05) is 22.7 Å². The van der Waals surface area contributed by atoms with E-state index in [1.54, 1.807) is 5.56 Å². The van der Waals surface area contributed by atoms with Gasteiger partial charge in [0.2, 0.25) is 0 Å². The van der Waals surface area contributed by atoms with E-state index in [0.717, 1.165) is 17.2 Å². The summed E-state index contributed by atoms with van der Waals surface area (Å²) in [6, 6.07) is 9.62. The molecular formula is C16H23NS. The number of nitrogens with one attached hydrogen (secondary N) is 1. The zero-order chi connectivity index (χ0) is 12.4. The van der Waals surface area contributed by atoms with Gasteiger partial charge in [0.25, 0.3) is 0 Å². The van der Waals surface area contributed by atoms with Crippen LogP contribution < -0.4 is 5.32 Å². The van der Waals surface area contributed by atoms with Gasteiger partial charge in [-0.1, -0.05) is 38.0 Å². The molecule has 18 heavy (non-hydrogen) atoms. The fourth-order valence-corrected chi connectivity index (χ4v) is 4.08. The van der Waals surface area contributed by atoms with Crippen LogP contribution in [0.15, 0.2) is 29.2 Å². The van der Waals surface area contributed by atoms with E-state index in [9.17, 15) is 0 Å². The number of rotatable bonds is 6. The maximum atomic E-state index is 3.80. The summed E-state index contributed by atoms with van der Waals surface area (Å²) in [6.45, 7) is 3.49. The molecule has 1 fully saturated rings. The van der Waals surface area contributed by atoms with Gasteiger partial charge < -0.3 is 5.32 Å². The van der Waals surface area contributed by atoms with E-state index in [0.29, 0.717) is 0 Å². The van der Waals surface area contributed by atoms with Crippen LogP contribution in [0.3, 0.4) is 0 Å². The van der Waals surface area contributed by atoms with Crippen LogP contribution >= 0.6 is 11.8 Å². The largest absolute Gasteiger partial charge is 0.313 e. The Labute approximate surface area is 115 Å². The third-order valence-electron chi connectivity index (χ3n) is 4.16. The lowest BCUT2D eigenvalue weighted by Gasteiger charge is -2.19. The molecule has 0 bridgehead atoms. The van der Waals surface area contributed by atoms with Crippen LogP contribution in [0.2, 0.25) is 0 Å². The van der Waals surface area contributed by atoms with Crippen LogP contribution in [0.1, 0.15) is 38.2 Å². The zero-order valence-corrected chi connectivity index (χ0v) is 12.0. The third-order valence-corrected chi connectivity index (χ3v) is 5.47. The van der Waals surface area contributed by atoms with Gasteiger partial charge in [-0.15, -0.1) is 11.8 Å². The van der Waals surface area contributed by atoms with E-state index in [1.807, 2.05) is 0 Å². The Morgan fingerprint density at radius 2 is 2.17 bits per heavy atom. The first-order valence-corrected chi connectivity index (χ1v) is 8.21. The predicted octanol–water partition coefficient (Wildman–Crippen LogP) is 3.87. The first-order chi connectivity index (χ1) is 8.85. The Hall–Kier alpha value is -0.470. The molecule has 2 unspecified atom stereocenters. The topological polar surface area (TPSA) is 12.0 Å². The first kappa shape index (κ1) is 12.6. The van der Waals surface area contributed by atoms with Crippen molar-refractivity contribution in [2.45, 2.75) is 55.2 Å². The average molecular weight is 261 g/mol. The van der Waals surface area contributed by atoms with E-state index < -0.39 is 0 Å². The van der Waals surface area contributed by atoms with Crippen LogP contribution in [0.4, 0.5) is 0 Å². The molecule has 1 saturated carbocycles. The van der Waals surface area contributed by atoms with Crippen molar-refractivity contribution in [1.82, 2.24) is 5.32 Å². The maximum absolute atomic E-state index is 3.80. The van der Waals surface area contributed by atoms with Crippen LogP contribution in [0, 0.1) is 5.92 Å². The molecule has 1 heterocycles. The molecule has 0 amide bonds. The van der Waals surface area contributed by atoms with Crippen molar-refractivity contribution in [3.8, 4) is 0 Å². The molecule has 2 aliphatic rings. The van der Waals surface area contributed by atoms with Crippen molar-refractivity contribution >= 4 is 11.8 Å². The molecule has 98 valence electrons. The molecular weight excluding hydrogens is 238 g/mol. The lowest BCUT2D eigenvalue weighted by molar-refractivity contribution is 0.446. The van der Waals surface area contributed by atoms with Crippen LogP contribution in [-0.2, 0) is 6.42 Å². The highest BCUT2D eigenvalue weighted by molar-refractivity contribution is 8.00. The second-order valence-corrected chi connectivity index (χ2v) is 7.09. The summed E-state index contributed by atoms with van der Waals surface area (Å²) in [4.78, 5) is 1.50. The minimum Gasteiger partial charge on any atom is -0.313 e. The monoisotopic (exact) mass is 261 g/mol. The highest BCUT2D eigenvalue weighted by Crippen LogP contribution is 2.37. The summed E-state index contributed by atoms with van der Waals surface area (Å²) < 4.78 is 0. The minimum absolute atomic E-state index is 0.746. The Morgan fingerprint density at radius 3 is 2.89 bits per heavy atom. The van der Waals surface area contributed by atoms with Crippen molar-refractivity contribution < 1.29 is 0 Å². The highest BCUT2D eigenvalue weighted by Gasteiger charge is 2.26. The van der Waals surface area contributed by atoms with Gasteiger partial charge in [-0.3, -0.25) is 0 Å². The Balaban J connectivity index is 1.46.